The molecule has 8 nitrogen and oxygen atoms in total. The molecular weight excluding hydrogens is 442 g/mol. The summed E-state index contributed by atoms with van der Waals surface area (Å²) in [6.07, 6.45) is 4.95. The molecule has 1 saturated carbocycles. The van der Waals surface area contributed by atoms with Crippen molar-refractivity contribution < 1.29 is 13.9 Å². The zero-order valence-corrected chi connectivity index (χ0v) is 21.5. The van der Waals surface area contributed by atoms with Crippen molar-refractivity contribution in [2.24, 2.45) is 5.92 Å². The lowest BCUT2D eigenvalue weighted by molar-refractivity contribution is -0.119. The van der Waals surface area contributed by atoms with Crippen LogP contribution in [0.2, 0.25) is 0 Å². The van der Waals surface area contributed by atoms with Gasteiger partial charge >= 0.3 is 0 Å². The molecule has 186 valence electrons. The van der Waals surface area contributed by atoms with E-state index in [9.17, 15) is 4.79 Å². The highest BCUT2D eigenvalue weighted by molar-refractivity contribution is 6.04. The SMILES string of the molecule is COc1ccc2c(c1)C(CC1CCC(c3nnc(-c4cc(C)n(C(C)(C)C)n4)o3)CC1)C(=O)N2C. The molecule has 1 unspecified atom stereocenters. The maximum Gasteiger partial charge on any atom is 0.268 e. The van der Waals surface area contributed by atoms with Crippen molar-refractivity contribution in [3.05, 3.63) is 41.4 Å². The molecule has 35 heavy (non-hydrogen) atoms. The summed E-state index contributed by atoms with van der Waals surface area (Å²) in [5, 5.41) is 13.4. The Morgan fingerprint density at radius 1 is 1.11 bits per heavy atom. The van der Waals surface area contributed by atoms with Gasteiger partial charge in [0.1, 0.15) is 11.4 Å². The number of rotatable bonds is 5. The van der Waals surface area contributed by atoms with Gasteiger partial charge in [-0.2, -0.15) is 5.10 Å². The monoisotopic (exact) mass is 477 g/mol. The third-order valence-electron chi connectivity index (χ3n) is 7.55. The van der Waals surface area contributed by atoms with E-state index in [-0.39, 0.29) is 23.3 Å². The topological polar surface area (TPSA) is 86.3 Å². The number of carbonyl (C=O) groups excluding carboxylic acids is 1. The van der Waals surface area contributed by atoms with Crippen LogP contribution in [0.1, 0.15) is 81.9 Å². The number of aryl methyl sites for hydroxylation is 1. The Hall–Kier alpha value is -3.16. The zero-order chi connectivity index (χ0) is 24.9. The lowest BCUT2D eigenvalue weighted by Crippen LogP contribution is -2.26. The summed E-state index contributed by atoms with van der Waals surface area (Å²) < 4.78 is 13.5. The van der Waals surface area contributed by atoms with Crippen LogP contribution in [-0.2, 0) is 10.3 Å². The number of hydrogen-bond acceptors (Lipinski definition) is 6. The van der Waals surface area contributed by atoms with Gasteiger partial charge in [-0.3, -0.25) is 9.48 Å². The first-order chi connectivity index (χ1) is 16.7. The molecule has 1 amide bonds. The van der Waals surface area contributed by atoms with E-state index in [0.717, 1.165) is 60.5 Å². The van der Waals surface area contributed by atoms with Gasteiger partial charge in [-0.1, -0.05) is 0 Å². The van der Waals surface area contributed by atoms with Crippen molar-refractivity contribution in [1.29, 1.82) is 0 Å². The van der Waals surface area contributed by atoms with Crippen LogP contribution in [0.25, 0.3) is 11.6 Å². The number of hydrogen-bond donors (Lipinski definition) is 0. The van der Waals surface area contributed by atoms with Crippen LogP contribution < -0.4 is 9.64 Å². The molecule has 0 N–H and O–H groups in total. The first-order valence-electron chi connectivity index (χ1n) is 12.5. The minimum Gasteiger partial charge on any atom is -0.497 e. The maximum absolute atomic E-state index is 13.0. The number of anilines is 1. The molecule has 5 rings (SSSR count). The number of aromatic nitrogens is 4. The van der Waals surface area contributed by atoms with E-state index in [1.165, 1.54) is 0 Å². The number of amides is 1. The average molecular weight is 478 g/mol. The second kappa shape index (κ2) is 8.81. The summed E-state index contributed by atoms with van der Waals surface area (Å²) in [6, 6.07) is 7.93. The van der Waals surface area contributed by atoms with E-state index < -0.39 is 0 Å². The molecule has 3 heterocycles. The molecule has 0 radical (unpaired) electrons. The number of methoxy groups -OCH3 is 1. The summed E-state index contributed by atoms with van der Waals surface area (Å²) in [5.41, 5.74) is 3.77. The normalized spacial score (nSPS) is 22.5. The Bertz CT molecular complexity index is 1230. The van der Waals surface area contributed by atoms with E-state index in [2.05, 4.69) is 31.0 Å². The summed E-state index contributed by atoms with van der Waals surface area (Å²) in [6.45, 7) is 8.42. The molecule has 0 spiro atoms. The van der Waals surface area contributed by atoms with Gasteiger partial charge in [-0.25, -0.2) is 0 Å². The molecule has 0 saturated heterocycles. The Balaban J connectivity index is 1.24. The molecule has 1 aromatic carbocycles. The molecule has 1 atom stereocenters. The highest BCUT2D eigenvalue weighted by Gasteiger charge is 2.38. The van der Waals surface area contributed by atoms with Crippen LogP contribution in [0.3, 0.4) is 0 Å². The highest BCUT2D eigenvalue weighted by atomic mass is 16.5. The number of carbonyl (C=O) groups is 1. The van der Waals surface area contributed by atoms with E-state index >= 15 is 0 Å². The zero-order valence-electron chi connectivity index (χ0n) is 21.5. The van der Waals surface area contributed by atoms with E-state index in [1.54, 1.807) is 12.0 Å². The molecular formula is C27H35N5O3. The largest absolute Gasteiger partial charge is 0.497 e. The standard InChI is InChI=1S/C27H35N5O3/c1-16-13-22(30-32(16)27(2,3)4)25-29-28-24(35-25)18-9-7-17(8-10-18)14-21-20-15-19(34-6)11-12-23(20)31(5)26(21)33/h11-13,15,17-18,21H,7-10,14H2,1-6H3. The number of nitrogens with zero attached hydrogens (tertiary/aromatic N) is 5. The van der Waals surface area contributed by atoms with E-state index in [0.29, 0.717) is 17.7 Å². The van der Waals surface area contributed by atoms with Crippen LogP contribution in [0.5, 0.6) is 5.75 Å². The molecule has 1 fully saturated rings. The fraction of sp³-hybridized carbons (Fsp3) is 0.556. The van der Waals surface area contributed by atoms with Gasteiger partial charge in [0, 0.05) is 24.3 Å². The minimum absolute atomic E-state index is 0.0946. The van der Waals surface area contributed by atoms with Crippen LogP contribution >= 0.6 is 0 Å². The van der Waals surface area contributed by atoms with Gasteiger partial charge in [0.2, 0.25) is 11.8 Å². The van der Waals surface area contributed by atoms with Gasteiger partial charge in [0.25, 0.3) is 5.89 Å². The number of benzene rings is 1. The van der Waals surface area contributed by atoms with Crippen molar-refractivity contribution >= 4 is 11.6 Å². The maximum atomic E-state index is 13.0. The summed E-state index contributed by atoms with van der Waals surface area (Å²) in [7, 11) is 3.53. The Morgan fingerprint density at radius 3 is 2.51 bits per heavy atom. The first-order valence-corrected chi connectivity index (χ1v) is 12.5. The van der Waals surface area contributed by atoms with Crippen LogP contribution in [-0.4, -0.2) is 40.0 Å². The molecule has 2 aliphatic rings. The lowest BCUT2D eigenvalue weighted by Gasteiger charge is -2.28. The van der Waals surface area contributed by atoms with Gasteiger partial charge in [-0.05, 0) is 95.5 Å². The lowest BCUT2D eigenvalue weighted by atomic mass is 9.77. The van der Waals surface area contributed by atoms with Gasteiger partial charge in [0.05, 0.1) is 18.6 Å². The van der Waals surface area contributed by atoms with Crippen molar-refractivity contribution in [2.45, 2.75) is 77.2 Å². The third kappa shape index (κ3) is 4.34. The highest BCUT2D eigenvalue weighted by Crippen LogP contribution is 2.45. The van der Waals surface area contributed by atoms with Crippen molar-refractivity contribution in [3.8, 4) is 17.3 Å². The molecule has 2 aromatic heterocycles. The van der Waals surface area contributed by atoms with Crippen molar-refractivity contribution in [2.75, 3.05) is 19.1 Å². The second-order valence-corrected chi connectivity index (χ2v) is 11.0. The molecule has 1 aliphatic heterocycles. The summed E-state index contributed by atoms with van der Waals surface area (Å²) in [5.74, 6) is 2.83. The van der Waals surface area contributed by atoms with Crippen LogP contribution in [0, 0.1) is 12.8 Å². The number of fused-ring (bicyclic) bond motifs is 1. The van der Waals surface area contributed by atoms with Crippen LogP contribution in [0.15, 0.2) is 28.7 Å². The Kier molecular flexibility index (Phi) is 5.93. The summed E-state index contributed by atoms with van der Waals surface area (Å²) in [4.78, 5) is 14.8. The molecule has 1 aliphatic carbocycles. The van der Waals surface area contributed by atoms with Crippen molar-refractivity contribution in [1.82, 2.24) is 20.0 Å². The minimum atomic E-state index is -0.106. The third-order valence-corrected chi connectivity index (χ3v) is 7.55. The fourth-order valence-electron chi connectivity index (χ4n) is 5.70. The van der Waals surface area contributed by atoms with Gasteiger partial charge in [0.15, 0.2) is 0 Å². The number of ether oxygens (including phenoxy) is 1. The Labute approximate surface area is 206 Å². The molecule has 8 heteroatoms. The van der Waals surface area contributed by atoms with E-state index in [1.807, 2.05) is 42.9 Å². The van der Waals surface area contributed by atoms with Gasteiger partial charge in [-0.15, -0.1) is 10.2 Å². The predicted octanol–water partition coefficient (Wildman–Crippen LogP) is 5.43. The smallest absolute Gasteiger partial charge is 0.268 e. The van der Waals surface area contributed by atoms with E-state index in [4.69, 9.17) is 14.3 Å². The Morgan fingerprint density at radius 2 is 1.86 bits per heavy atom. The molecule has 0 bridgehead atoms. The average Bonchev–Trinajstić information content (AvgIpc) is 3.53. The van der Waals surface area contributed by atoms with Crippen molar-refractivity contribution in [3.63, 3.8) is 0 Å². The predicted molar refractivity (Wildman–Crippen MR) is 134 cm³/mol. The van der Waals surface area contributed by atoms with Gasteiger partial charge < -0.3 is 14.1 Å². The fourth-order valence-corrected chi connectivity index (χ4v) is 5.70. The molecule has 3 aromatic rings. The second-order valence-electron chi connectivity index (χ2n) is 11.0. The quantitative estimate of drug-likeness (QED) is 0.487. The first kappa shape index (κ1) is 23.6. The van der Waals surface area contributed by atoms with Crippen LogP contribution in [0.4, 0.5) is 5.69 Å². The summed E-state index contributed by atoms with van der Waals surface area (Å²) >= 11 is 0. The number of likely N-dealkylation sites (N-methyl/N-ethyl adjacent to an activating group) is 1.